The molecule has 0 N–H and O–H groups in total. The van der Waals surface area contributed by atoms with E-state index in [-0.39, 0.29) is 6.79 Å². The second kappa shape index (κ2) is 6.86. The molecule has 1 aliphatic rings. The smallest absolute Gasteiger partial charge is 0.222 e. The third-order valence-electron chi connectivity index (χ3n) is 4.41. The molecule has 0 bridgehead atoms. The van der Waals surface area contributed by atoms with Crippen LogP contribution < -0.4 is 9.64 Å². The number of ether oxygens (including phenoxy) is 2. The third-order valence-corrected chi connectivity index (χ3v) is 4.60. The largest absolute Gasteiger partial charge is 0.467 e. The van der Waals surface area contributed by atoms with Crippen LogP contribution in [0.4, 0.5) is 5.69 Å². The fourth-order valence-corrected chi connectivity index (χ4v) is 3.37. The lowest BCUT2D eigenvalue weighted by Gasteiger charge is -2.31. The van der Waals surface area contributed by atoms with E-state index in [0.717, 1.165) is 41.0 Å². The van der Waals surface area contributed by atoms with Gasteiger partial charge in [0.25, 0.3) is 0 Å². The summed E-state index contributed by atoms with van der Waals surface area (Å²) < 4.78 is 10.7. The Morgan fingerprint density at radius 1 is 1.24 bits per heavy atom. The summed E-state index contributed by atoms with van der Waals surface area (Å²) in [6.07, 6.45) is 2.72. The fraction of sp³-hybridized carbons (Fsp3) is 0.263. The number of aromatic nitrogens is 2. The Kier molecular flexibility index (Phi) is 4.42. The van der Waals surface area contributed by atoms with Crippen molar-refractivity contribution in [2.24, 2.45) is 0 Å². The van der Waals surface area contributed by atoms with Gasteiger partial charge in [-0.15, -0.1) is 0 Å². The molecule has 5 nitrogen and oxygen atoms in total. The van der Waals surface area contributed by atoms with Crippen LogP contribution in [0, 0.1) is 0 Å². The van der Waals surface area contributed by atoms with E-state index >= 15 is 0 Å². The highest BCUT2D eigenvalue weighted by atomic mass is 35.5. The number of methoxy groups -OCH3 is 1. The zero-order valence-electron chi connectivity index (χ0n) is 13.9. The van der Waals surface area contributed by atoms with E-state index in [1.807, 2.05) is 18.3 Å². The minimum absolute atomic E-state index is 0.226. The van der Waals surface area contributed by atoms with Gasteiger partial charge in [0.05, 0.1) is 12.2 Å². The molecule has 3 aromatic rings. The second-order valence-electron chi connectivity index (χ2n) is 6.00. The lowest BCUT2D eigenvalue weighted by molar-refractivity contribution is 0.0512. The third kappa shape index (κ3) is 3.25. The predicted molar refractivity (Wildman–Crippen MR) is 98.2 cm³/mol. The van der Waals surface area contributed by atoms with E-state index < -0.39 is 0 Å². The van der Waals surface area contributed by atoms with Crippen molar-refractivity contribution >= 4 is 28.1 Å². The van der Waals surface area contributed by atoms with Crippen molar-refractivity contribution in [3.63, 3.8) is 0 Å². The van der Waals surface area contributed by atoms with Crippen LogP contribution in [0.2, 0.25) is 5.28 Å². The maximum Gasteiger partial charge on any atom is 0.222 e. The average molecular weight is 356 g/mol. The van der Waals surface area contributed by atoms with Crippen LogP contribution in [0.1, 0.15) is 11.3 Å². The number of fused-ring (bicyclic) bond motifs is 2. The average Bonchev–Trinajstić information content (AvgIpc) is 2.65. The molecular weight excluding hydrogens is 338 g/mol. The van der Waals surface area contributed by atoms with Crippen LogP contribution in [-0.2, 0) is 17.7 Å². The van der Waals surface area contributed by atoms with Crippen molar-refractivity contribution in [1.29, 1.82) is 0 Å². The summed E-state index contributed by atoms with van der Waals surface area (Å²) in [7, 11) is 1.62. The first kappa shape index (κ1) is 16.1. The van der Waals surface area contributed by atoms with Gasteiger partial charge in [0, 0.05) is 37.0 Å². The van der Waals surface area contributed by atoms with Crippen LogP contribution >= 0.6 is 11.6 Å². The first-order valence-corrected chi connectivity index (χ1v) is 8.52. The first-order chi connectivity index (χ1) is 12.2. The highest BCUT2D eigenvalue weighted by molar-refractivity contribution is 6.28. The van der Waals surface area contributed by atoms with Gasteiger partial charge in [-0.2, -0.15) is 0 Å². The zero-order chi connectivity index (χ0) is 17.2. The maximum atomic E-state index is 5.97. The Morgan fingerprint density at radius 3 is 3.00 bits per heavy atom. The lowest BCUT2D eigenvalue weighted by atomic mass is 10.0. The van der Waals surface area contributed by atoms with E-state index in [1.165, 1.54) is 5.39 Å². The van der Waals surface area contributed by atoms with E-state index in [4.69, 9.17) is 21.1 Å². The summed E-state index contributed by atoms with van der Waals surface area (Å²) in [6.45, 7) is 1.83. The van der Waals surface area contributed by atoms with Crippen LogP contribution in [0.25, 0.3) is 10.8 Å². The number of benzene rings is 2. The number of hydrogen-bond donors (Lipinski definition) is 0. The van der Waals surface area contributed by atoms with Crippen molar-refractivity contribution in [3.8, 4) is 5.75 Å². The Hall–Kier alpha value is -2.37. The van der Waals surface area contributed by atoms with Gasteiger partial charge in [0.2, 0.25) is 5.28 Å². The topological polar surface area (TPSA) is 47.5 Å². The molecule has 0 aliphatic carbocycles. The second-order valence-corrected chi connectivity index (χ2v) is 6.33. The van der Waals surface area contributed by atoms with Crippen molar-refractivity contribution < 1.29 is 9.47 Å². The fourth-order valence-electron chi connectivity index (χ4n) is 3.22. The van der Waals surface area contributed by atoms with Gasteiger partial charge in [-0.3, -0.25) is 0 Å². The van der Waals surface area contributed by atoms with Gasteiger partial charge in [0.15, 0.2) is 6.79 Å². The quantitative estimate of drug-likeness (QED) is 0.526. The molecule has 0 spiro atoms. The highest BCUT2D eigenvalue weighted by Gasteiger charge is 2.20. The number of rotatable bonds is 4. The molecule has 2 heterocycles. The molecule has 4 rings (SSSR count). The van der Waals surface area contributed by atoms with Crippen molar-refractivity contribution in [2.75, 3.05) is 25.3 Å². The molecule has 0 atom stereocenters. The molecule has 6 heteroatoms. The number of hydrogen-bond acceptors (Lipinski definition) is 5. The molecule has 2 aromatic carbocycles. The van der Waals surface area contributed by atoms with Gasteiger partial charge in [-0.05, 0) is 35.0 Å². The highest BCUT2D eigenvalue weighted by Crippen LogP contribution is 2.34. The molecule has 0 amide bonds. The monoisotopic (exact) mass is 355 g/mol. The zero-order valence-corrected chi connectivity index (χ0v) is 14.7. The van der Waals surface area contributed by atoms with E-state index in [0.29, 0.717) is 11.8 Å². The van der Waals surface area contributed by atoms with Gasteiger partial charge in [-0.25, -0.2) is 9.97 Å². The van der Waals surface area contributed by atoms with Gasteiger partial charge >= 0.3 is 0 Å². The SMILES string of the molecule is COCOc1cc(N2CCc3cnc(Cl)nc3C2)c2ccccc2c1. The predicted octanol–water partition coefficient (Wildman–Crippen LogP) is 3.83. The van der Waals surface area contributed by atoms with Gasteiger partial charge in [0.1, 0.15) is 5.75 Å². The first-order valence-electron chi connectivity index (χ1n) is 8.14. The molecule has 1 aliphatic heterocycles. The van der Waals surface area contributed by atoms with E-state index in [2.05, 4.69) is 39.1 Å². The number of nitrogens with zero attached hydrogens (tertiary/aromatic N) is 3. The standard InChI is InChI=1S/C19H18ClN3O2/c1-24-12-25-15-8-13-4-2-3-5-16(13)18(9-15)23-7-6-14-10-21-19(20)22-17(14)11-23/h2-5,8-10H,6-7,11-12H2,1H3. The lowest BCUT2D eigenvalue weighted by Crippen LogP contribution is -2.31. The van der Waals surface area contributed by atoms with Crippen LogP contribution in [0.15, 0.2) is 42.6 Å². The Bertz CT molecular complexity index is 916. The van der Waals surface area contributed by atoms with Crippen LogP contribution in [-0.4, -0.2) is 30.4 Å². The molecule has 0 unspecified atom stereocenters. The molecule has 0 saturated heterocycles. The summed E-state index contributed by atoms with van der Waals surface area (Å²) in [5, 5.41) is 2.62. The number of anilines is 1. The van der Waals surface area contributed by atoms with Crippen molar-refractivity contribution in [3.05, 3.63) is 59.1 Å². The minimum atomic E-state index is 0.226. The number of halogens is 1. The summed E-state index contributed by atoms with van der Waals surface area (Å²) >= 11 is 5.97. The minimum Gasteiger partial charge on any atom is -0.467 e. The maximum absolute atomic E-state index is 5.97. The van der Waals surface area contributed by atoms with Gasteiger partial charge in [-0.1, -0.05) is 24.3 Å². The molecule has 0 fully saturated rings. The summed E-state index contributed by atoms with van der Waals surface area (Å²) in [6, 6.07) is 12.4. The van der Waals surface area contributed by atoms with Crippen molar-refractivity contribution in [2.45, 2.75) is 13.0 Å². The summed E-state index contributed by atoms with van der Waals surface area (Å²) in [4.78, 5) is 10.8. The summed E-state index contributed by atoms with van der Waals surface area (Å²) in [5.74, 6) is 0.794. The molecule has 128 valence electrons. The Labute approximate surface area is 151 Å². The Balaban J connectivity index is 1.75. The molecule has 1 aromatic heterocycles. The van der Waals surface area contributed by atoms with Crippen LogP contribution in [0.3, 0.4) is 0 Å². The molecular formula is C19H18ClN3O2. The normalized spacial score (nSPS) is 13.8. The van der Waals surface area contributed by atoms with Gasteiger partial charge < -0.3 is 14.4 Å². The molecule has 0 saturated carbocycles. The molecule has 0 radical (unpaired) electrons. The van der Waals surface area contributed by atoms with Crippen molar-refractivity contribution in [1.82, 2.24) is 9.97 Å². The Morgan fingerprint density at radius 2 is 2.12 bits per heavy atom. The van der Waals surface area contributed by atoms with Crippen LogP contribution in [0.5, 0.6) is 5.75 Å². The van der Waals surface area contributed by atoms with E-state index in [9.17, 15) is 0 Å². The summed E-state index contributed by atoms with van der Waals surface area (Å²) in [5.41, 5.74) is 3.28. The molecule has 25 heavy (non-hydrogen) atoms. The van der Waals surface area contributed by atoms with E-state index in [1.54, 1.807) is 7.11 Å².